The van der Waals surface area contributed by atoms with Crippen LogP contribution in [0.5, 0.6) is 5.75 Å². The van der Waals surface area contributed by atoms with Crippen LogP contribution >= 0.6 is 12.2 Å². The van der Waals surface area contributed by atoms with Gasteiger partial charge in [0, 0.05) is 19.1 Å². The molecule has 0 unspecified atom stereocenters. The summed E-state index contributed by atoms with van der Waals surface area (Å²) < 4.78 is 34.6. The van der Waals surface area contributed by atoms with Gasteiger partial charge < -0.3 is 10.1 Å². The van der Waals surface area contributed by atoms with Crippen molar-refractivity contribution in [1.29, 1.82) is 0 Å². The van der Waals surface area contributed by atoms with E-state index in [4.69, 9.17) is 17.0 Å². The van der Waals surface area contributed by atoms with Gasteiger partial charge >= 0.3 is 0 Å². The van der Waals surface area contributed by atoms with Crippen LogP contribution in [-0.2, 0) is 16.6 Å². The molecule has 1 heterocycles. The fraction of sp³-hybridized carbons (Fsp3) is 0.500. The maximum Gasteiger partial charge on any atom is 0.255 e. The molecular weight excluding hydrogens is 414 g/mol. The summed E-state index contributed by atoms with van der Waals surface area (Å²) in [5.74, 6) is 0.480. The highest BCUT2D eigenvalue weighted by Crippen LogP contribution is 2.35. The van der Waals surface area contributed by atoms with Crippen molar-refractivity contribution in [2.24, 2.45) is 0 Å². The molecule has 11 heteroatoms. The zero-order valence-electron chi connectivity index (χ0n) is 16.6. The van der Waals surface area contributed by atoms with Crippen molar-refractivity contribution in [3.8, 4) is 5.75 Å². The van der Waals surface area contributed by atoms with Crippen molar-refractivity contribution in [2.75, 3.05) is 20.2 Å². The zero-order chi connectivity index (χ0) is 21.2. The Balaban J connectivity index is 1.85. The summed E-state index contributed by atoms with van der Waals surface area (Å²) >= 11 is 5.25. The molecular formula is C18H25N5O4S2. The number of H-pyrrole nitrogens is 1. The molecule has 3 rings (SSSR count). The summed E-state index contributed by atoms with van der Waals surface area (Å²) in [6.45, 7) is 4.39. The third-order valence-electron chi connectivity index (χ3n) is 4.86. The van der Waals surface area contributed by atoms with Crippen LogP contribution in [0.3, 0.4) is 0 Å². The highest BCUT2D eigenvalue weighted by atomic mass is 32.2. The van der Waals surface area contributed by atoms with Crippen LogP contribution in [-0.4, -0.2) is 53.6 Å². The molecule has 0 atom stereocenters. The van der Waals surface area contributed by atoms with E-state index in [9.17, 15) is 13.2 Å². The first-order valence-corrected chi connectivity index (χ1v) is 11.3. The number of nitrogens with one attached hydrogen (secondary N) is 2. The molecule has 2 N–H and O–H groups in total. The molecule has 0 spiro atoms. The molecule has 1 amide bonds. The molecule has 1 aromatic carbocycles. The lowest BCUT2D eigenvalue weighted by Gasteiger charge is -2.19. The third kappa shape index (κ3) is 4.36. The number of sulfonamides is 1. The van der Waals surface area contributed by atoms with Crippen LogP contribution in [0.1, 0.15) is 48.9 Å². The van der Waals surface area contributed by atoms with Gasteiger partial charge in [-0.25, -0.2) is 8.42 Å². The van der Waals surface area contributed by atoms with E-state index in [2.05, 4.69) is 15.5 Å². The maximum atomic E-state index is 12.8. The molecule has 1 saturated carbocycles. The van der Waals surface area contributed by atoms with Crippen molar-refractivity contribution < 1.29 is 17.9 Å². The molecule has 1 aromatic heterocycles. The Hall–Kier alpha value is -2.24. The largest absolute Gasteiger partial charge is 0.496 e. The molecule has 158 valence electrons. The molecule has 9 nitrogen and oxygen atoms in total. The predicted molar refractivity (Wildman–Crippen MR) is 110 cm³/mol. The van der Waals surface area contributed by atoms with Gasteiger partial charge in [0.05, 0.1) is 24.1 Å². The minimum absolute atomic E-state index is 0.0489. The van der Waals surface area contributed by atoms with Crippen LogP contribution < -0.4 is 10.1 Å². The number of benzene rings is 1. The first-order chi connectivity index (χ1) is 13.8. The van der Waals surface area contributed by atoms with Gasteiger partial charge in [0.25, 0.3) is 5.91 Å². The summed E-state index contributed by atoms with van der Waals surface area (Å²) in [6.07, 6.45) is 2.07. The minimum Gasteiger partial charge on any atom is -0.496 e. The van der Waals surface area contributed by atoms with E-state index < -0.39 is 15.9 Å². The smallest absolute Gasteiger partial charge is 0.255 e. The fourth-order valence-corrected chi connectivity index (χ4v) is 4.95. The van der Waals surface area contributed by atoms with Crippen LogP contribution in [0.4, 0.5) is 0 Å². The van der Waals surface area contributed by atoms with Crippen LogP contribution in [0.15, 0.2) is 23.1 Å². The Morgan fingerprint density at radius 2 is 2.07 bits per heavy atom. The van der Waals surface area contributed by atoms with E-state index in [0.717, 1.165) is 12.8 Å². The second-order valence-electron chi connectivity index (χ2n) is 6.68. The highest BCUT2D eigenvalue weighted by molar-refractivity contribution is 7.89. The number of hydrogen-bond donors (Lipinski definition) is 2. The molecule has 1 fully saturated rings. The molecule has 0 radical (unpaired) electrons. The van der Waals surface area contributed by atoms with Gasteiger partial charge in [0.2, 0.25) is 10.0 Å². The van der Waals surface area contributed by atoms with E-state index in [1.54, 1.807) is 13.8 Å². The van der Waals surface area contributed by atoms with Crippen molar-refractivity contribution >= 4 is 28.1 Å². The Labute approximate surface area is 175 Å². The van der Waals surface area contributed by atoms with Crippen molar-refractivity contribution in [3.63, 3.8) is 0 Å². The average Bonchev–Trinajstić information content (AvgIpc) is 3.48. The van der Waals surface area contributed by atoms with Gasteiger partial charge in [-0.05, 0) is 43.3 Å². The van der Waals surface area contributed by atoms with E-state index in [-0.39, 0.29) is 17.0 Å². The minimum atomic E-state index is -3.69. The molecule has 0 bridgehead atoms. The van der Waals surface area contributed by atoms with Gasteiger partial charge in [0.15, 0.2) is 10.6 Å². The normalized spacial score (nSPS) is 14.2. The highest BCUT2D eigenvalue weighted by Gasteiger charge is 2.28. The SMILES string of the molecule is CCN(CC)S(=O)(=O)c1ccc(OC)c(C(=O)NCc2n[nH]c(=S)n2C2CC2)c1. The second kappa shape index (κ2) is 8.64. The van der Waals surface area contributed by atoms with E-state index in [1.807, 2.05) is 4.57 Å². The van der Waals surface area contributed by atoms with Crippen molar-refractivity contribution in [2.45, 2.75) is 44.2 Å². The Kier molecular flexibility index (Phi) is 6.39. The Morgan fingerprint density at radius 3 is 2.66 bits per heavy atom. The number of rotatable bonds is 9. The lowest BCUT2D eigenvalue weighted by molar-refractivity contribution is 0.0946. The molecule has 29 heavy (non-hydrogen) atoms. The number of ether oxygens (including phenoxy) is 1. The summed E-state index contributed by atoms with van der Waals surface area (Å²) in [5.41, 5.74) is 0.146. The van der Waals surface area contributed by atoms with Gasteiger partial charge in [-0.15, -0.1) is 0 Å². The quantitative estimate of drug-likeness (QED) is 0.580. The number of hydrogen-bond acceptors (Lipinski definition) is 6. The molecule has 2 aromatic rings. The number of aromatic amines is 1. The van der Waals surface area contributed by atoms with Gasteiger partial charge in [0.1, 0.15) is 5.75 Å². The van der Waals surface area contributed by atoms with E-state index >= 15 is 0 Å². The van der Waals surface area contributed by atoms with Gasteiger partial charge in [-0.3, -0.25) is 14.5 Å². The Bertz CT molecular complexity index is 1050. The summed E-state index contributed by atoms with van der Waals surface area (Å²) in [7, 11) is -2.26. The molecule has 1 aliphatic carbocycles. The number of carbonyl (C=O) groups excluding carboxylic acids is 1. The fourth-order valence-electron chi connectivity index (χ4n) is 3.16. The monoisotopic (exact) mass is 439 g/mol. The van der Waals surface area contributed by atoms with Crippen molar-refractivity contribution in [1.82, 2.24) is 24.4 Å². The lowest BCUT2D eigenvalue weighted by atomic mass is 10.2. The number of methoxy groups -OCH3 is 1. The van der Waals surface area contributed by atoms with Crippen LogP contribution in [0.2, 0.25) is 0 Å². The Morgan fingerprint density at radius 1 is 1.38 bits per heavy atom. The number of carbonyl (C=O) groups is 1. The summed E-state index contributed by atoms with van der Waals surface area (Å²) in [4.78, 5) is 12.9. The first kappa shape index (κ1) is 21.5. The second-order valence-corrected chi connectivity index (χ2v) is 9.00. The average molecular weight is 440 g/mol. The van der Waals surface area contributed by atoms with E-state index in [0.29, 0.717) is 35.5 Å². The number of amides is 1. The number of aromatic nitrogens is 3. The van der Waals surface area contributed by atoms with Crippen LogP contribution in [0.25, 0.3) is 0 Å². The summed E-state index contributed by atoms with van der Waals surface area (Å²) in [5, 5.41) is 9.72. The molecule has 1 aliphatic rings. The standard InChI is InChI=1S/C18H25N5O4S2/c1-4-22(5-2)29(25,26)13-8-9-15(27-3)14(10-13)17(24)19-11-16-20-21-18(28)23(16)12-6-7-12/h8-10,12H,4-7,11H2,1-3H3,(H,19,24)(H,21,28). The first-order valence-electron chi connectivity index (χ1n) is 9.45. The lowest BCUT2D eigenvalue weighted by Crippen LogP contribution is -2.31. The zero-order valence-corrected chi connectivity index (χ0v) is 18.3. The van der Waals surface area contributed by atoms with E-state index in [1.165, 1.54) is 29.6 Å². The van der Waals surface area contributed by atoms with Crippen molar-refractivity contribution in [3.05, 3.63) is 34.4 Å². The number of nitrogens with zero attached hydrogens (tertiary/aromatic N) is 3. The third-order valence-corrected chi connectivity index (χ3v) is 7.19. The topological polar surface area (TPSA) is 109 Å². The molecule has 0 aliphatic heterocycles. The van der Waals surface area contributed by atoms with Crippen LogP contribution in [0, 0.1) is 4.77 Å². The summed E-state index contributed by atoms with van der Waals surface area (Å²) in [6, 6.07) is 4.61. The molecule has 0 saturated heterocycles. The maximum absolute atomic E-state index is 12.8. The van der Waals surface area contributed by atoms with Gasteiger partial charge in [-0.2, -0.15) is 9.40 Å². The predicted octanol–water partition coefficient (Wildman–Crippen LogP) is 2.24. The van der Waals surface area contributed by atoms with Gasteiger partial charge in [-0.1, -0.05) is 13.8 Å².